The molecule has 2 atom stereocenters. The highest BCUT2D eigenvalue weighted by Gasteiger charge is 2.29. The average molecular weight is 264 g/mol. The quantitative estimate of drug-likeness (QED) is 0.835. The summed E-state index contributed by atoms with van der Waals surface area (Å²) in [5, 5.41) is 4.06. The molecule has 1 aromatic heterocycles. The van der Waals surface area contributed by atoms with Crippen LogP contribution in [-0.2, 0) is 11.2 Å². The van der Waals surface area contributed by atoms with Crippen LogP contribution in [0.25, 0.3) is 0 Å². The van der Waals surface area contributed by atoms with E-state index in [0.29, 0.717) is 11.8 Å². The Labute approximate surface area is 115 Å². The Morgan fingerprint density at radius 3 is 2.68 bits per heavy atom. The second kappa shape index (κ2) is 5.43. The molecule has 2 rings (SSSR count). The molecule has 1 aromatic rings. The third-order valence-electron chi connectivity index (χ3n) is 4.12. The van der Waals surface area contributed by atoms with E-state index in [9.17, 15) is 4.79 Å². The van der Waals surface area contributed by atoms with Crippen molar-refractivity contribution in [2.24, 2.45) is 11.3 Å². The molecule has 106 valence electrons. The highest BCUT2D eigenvalue weighted by atomic mass is 16.5. The maximum atomic E-state index is 11.9. The average Bonchev–Trinajstić information content (AvgIpc) is 2.95. The second-order valence-electron chi connectivity index (χ2n) is 6.68. The van der Waals surface area contributed by atoms with Crippen LogP contribution in [0.1, 0.15) is 71.0 Å². The monoisotopic (exact) mass is 264 g/mol. The molecule has 0 saturated heterocycles. The fourth-order valence-corrected chi connectivity index (χ4v) is 2.59. The highest BCUT2D eigenvalue weighted by molar-refractivity contribution is 5.84. The molecule has 1 aliphatic rings. The van der Waals surface area contributed by atoms with Crippen molar-refractivity contribution in [3.8, 4) is 0 Å². The van der Waals surface area contributed by atoms with Crippen molar-refractivity contribution in [2.75, 3.05) is 0 Å². The van der Waals surface area contributed by atoms with Gasteiger partial charge in [-0.1, -0.05) is 39.3 Å². The van der Waals surface area contributed by atoms with Crippen molar-refractivity contribution in [1.82, 2.24) is 10.1 Å². The van der Waals surface area contributed by atoms with Gasteiger partial charge in [-0.2, -0.15) is 4.98 Å². The van der Waals surface area contributed by atoms with E-state index in [-0.39, 0.29) is 17.6 Å². The molecular formula is C15H24N2O2. The molecule has 2 unspecified atom stereocenters. The Morgan fingerprint density at radius 1 is 1.37 bits per heavy atom. The fourth-order valence-electron chi connectivity index (χ4n) is 2.59. The molecule has 0 bridgehead atoms. The Morgan fingerprint density at radius 2 is 2.11 bits per heavy atom. The first-order valence-electron chi connectivity index (χ1n) is 7.26. The third kappa shape index (κ3) is 3.43. The van der Waals surface area contributed by atoms with Gasteiger partial charge in [-0.15, -0.1) is 0 Å². The van der Waals surface area contributed by atoms with Crippen LogP contribution < -0.4 is 0 Å². The Hall–Kier alpha value is -1.19. The molecule has 0 amide bonds. The van der Waals surface area contributed by atoms with Crippen LogP contribution in [-0.4, -0.2) is 15.9 Å². The topological polar surface area (TPSA) is 56.0 Å². The van der Waals surface area contributed by atoms with Gasteiger partial charge in [-0.25, -0.2) is 0 Å². The minimum absolute atomic E-state index is 0.139. The molecule has 4 heteroatoms. The van der Waals surface area contributed by atoms with Gasteiger partial charge in [-0.05, 0) is 25.2 Å². The lowest BCUT2D eigenvalue weighted by atomic mass is 9.89. The lowest BCUT2D eigenvalue weighted by molar-refractivity contribution is -0.125. The minimum atomic E-state index is -0.352. The van der Waals surface area contributed by atoms with Gasteiger partial charge >= 0.3 is 0 Å². The van der Waals surface area contributed by atoms with Crippen LogP contribution >= 0.6 is 0 Å². The van der Waals surface area contributed by atoms with Crippen molar-refractivity contribution in [3.05, 3.63) is 11.7 Å². The summed E-state index contributed by atoms with van der Waals surface area (Å²) in [6.45, 7) is 7.97. The van der Waals surface area contributed by atoms with Gasteiger partial charge in [0.25, 0.3) is 0 Å². The molecule has 1 fully saturated rings. The van der Waals surface area contributed by atoms with Crippen LogP contribution in [0.5, 0.6) is 0 Å². The molecule has 1 saturated carbocycles. The number of carbonyl (C=O) groups excluding carboxylic acids is 1. The van der Waals surface area contributed by atoms with Crippen molar-refractivity contribution in [3.63, 3.8) is 0 Å². The van der Waals surface area contributed by atoms with Gasteiger partial charge in [0.2, 0.25) is 5.89 Å². The van der Waals surface area contributed by atoms with E-state index < -0.39 is 0 Å². The summed E-state index contributed by atoms with van der Waals surface area (Å²) in [6.07, 6.45) is 5.03. The first-order valence-corrected chi connectivity index (χ1v) is 7.26. The van der Waals surface area contributed by atoms with E-state index in [1.807, 2.05) is 20.8 Å². The van der Waals surface area contributed by atoms with Gasteiger partial charge in [0.15, 0.2) is 5.82 Å². The summed E-state index contributed by atoms with van der Waals surface area (Å²) in [7, 11) is 0. The normalized spacial score (nSPS) is 23.8. The predicted molar refractivity (Wildman–Crippen MR) is 72.8 cm³/mol. The zero-order valence-electron chi connectivity index (χ0n) is 12.4. The standard InChI is InChI=1S/C15H24N2O2/c1-5-10-6-7-11(8-10)14-16-13(19-17-14)9-12(18)15(2,3)4/h10-11H,5-9H2,1-4H3. The summed E-state index contributed by atoms with van der Waals surface area (Å²) >= 11 is 0. The van der Waals surface area contributed by atoms with Crippen LogP contribution in [0.3, 0.4) is 0 Å². The van der Waals surface area contributed by atoms with Crippen molar-refractivity contribution >= 4 is 5.78 Å². The van der Waals surface area contributed by atoms with Crippen LogP contribution in [0.4, 0.5) is 0 Å². The molecule has 4 nitrogen and oxygen atoms in total. The molecule has 0 aromatic carbocycles. The lowest BCUT2D eigenvalue weighted by Gasteiger charge is -2.14. The number of hydrogen-bond acceptors (Lipinski definition) is 4. The number of Topliss-reactive ketones (excluding diaryl/α,β-unsaturated/α-hetero) is 1. The first kappa shape index (κ1) is 14.2. The molecule has 1 heterocycles. The van der Waals surface area contributed by atoms with Crippen LogP contribution in [0.2, 0.25) is 0 Å². The van der Waals surface area contributed by atoms with Gasteiger partial charge in [0.05, 0.1) is 6.42 Å². The number of rotatable bonds is 4. The van der Waals surface area contributed by atoms with Crippen molar-refractivity contribution in [2.45, 2.75) is 65.7 Å². The molecule has 0 aliphatic heterocycles. The summed E-state index contributed by atoms with van der Waals surface area (Å²) in [4.78, 5) is 16.4. The number of nitrogens with zero attached hydrogens (tertiary/aromatic N) is 2. The van der Waals surface area contributed by atoms with E-state index in [4.69, 9.17) is 4.52 Å². The number of aromatic nitrogens is 2. The number of ketones is 1. The largest absolute Gasteiger partial charge is 0.339 e. The fraction of sp³-hybridized carbons (Fsp3) is 0.800. The first-order chi connectivity index (χ1) is 8.90. The summed E-state index contributed by atoms with van der Waals surface area (Å²) in [5.74, 6) is 2.62. The van der Waals surface area contributed by atoms with Gasteiger partial charge < -0.3 is 4.52 Å². The van der Waals surface area contributed by atoms with Crippen molar-refractivity contribution < 1.29 is 9.32 Å². The lowest BCUT2D eigenvalue weighted by Crippen LogP contribution is -2.22. The van der Waals surface area contributed by atoms with E-state index in [1.54, 1.807) is 0 Å². The highest BCUT2D eigenvalue weighted by Crippen LogP contribution is 2.38. The van der Waals surface area contributed by atoms with Crippen LogP contribution in [0, 0.1) is 11.3 Å². The van der Waals surface area contributed by atoms with Crippen molar-refractivity contribution in [1.29, 1.82) is 0 Å². The van der Waals surface area contributed by atoms with E-state index in [1.165, 1.54) is 12.8 Å². The molecular weight excluding hydrogens is 240 g/mol. The van der Waals surface area contributed by atoms with Gasteiger partial charge in [0, 0.05) is 11.3 Å². The molecule has 0 spiro atoms. The van der Waals surface area contributed by atoms with Gasteiger partial charge in [-0.3, -0.25) is 4.79 Å². The van der Waals surface area contributed by atoms with Crippen LogP contribution in [0.15, 0.2) is 4.52 Å². The SMILES string of the molecule is CCC1CCC(c2noc(CC(=O)C(C)(C)C)n2)C1. The van der Waals surface area contributed by atoms with Gasteiger partial charge in [0.1, 0.15) is 5.78 Å². The zero-order valence-corrected chi connectivity index (χ0v) is 12.4. The maximum Gasteiger partial charge on any atom is 0.234 e. The Bertz CT molecular complexity index is 445. The Balaban J connectivity index is 1.98. The third-order valence-corrected chi connectivity index (χ3v) is 4.12. The summed E-state index contributed by atoms with van der Waals surface area (Å²) in [6, 6.07) is 0. The number of carbonyl (C=O) groups is 1. The van der Waals surface area contributed by atoms with E-state index in [2.05, 4.69) is 17.1 Å². The molecule has 19 heavy (non-hydrogen) atoms. The maximum absolute atomic E-state index is 11.9. The smallest absolute Gasteiger partial charge is 0.234 e. The second-order valence-corrected chi connectivity index (χ2v) is 6.68. The Kier molecular flexibility index (Phi) is 4.07. The zero-order chi connectivity index (χ0) is 14.0. The summed E-state index contributed by atoms with van der Waals surface area (Å²) < 4.78 is 5.23. The molecule has 0 N–H and O–H groups in total. The van der Waals surface area contributed by atoms with E-state index in [0.717, 1.165) is 24.6 Å². The summed E-state index contributed by atoms with van der Waals surface area (Å²) in [5.41, 5.74) is -0.352. The molecule has 0 radical (unpaired) electrons. The van der Waals surface area contributed by atoms with E-state index >= 15 is 0 Å². The predicted octanol–water partition coefficient (Wildman–Crippen LogP) is 3.52. The molecule has 1 aliphatic carbocycles. The minimum Gasteiger partial charge on any atom is -0.339 e. The number of hydrogen-bond donors (Lipinski definition) is 0.